The number of rotatable bonds is 4. The van der Waals surface area contributed by atoms with Gasteiger partial charge < -0.3 is 15.1 Å². The molecule has 2 amide bonds. The predicted molar refractivity (Wildman–Crippen MR) is 132 cm³/mol. The number of amides is 2. The lowest BCUT2D eigenvalue weighted by molar-refractivity contribution is 0.0929. The standard InChI is InChI=1S/C28H26N4O2/c1-15-6-7-16(31-13-22-25-23(14-31)32(22)25)12-19(15)26(33)29-28(10-11-28)20-8-9-21-24-17(20)4-3-5-18(24)27(34)30(21)2/h3-9,12,22-23,25H,10-11,13-14H2,1-2H3,(H,29,33)/t22-,23+,25?,32?. The number of carbonyl (C=O) groups is 2. The number of carbonyl (C=O) groups excluding carboxylic acids is 2. The van der Waals surface area contributed by atoms with E-state index in [1.165, 1.54) is 0 Å². The summed E-state index contributed by atoms with van der Waals surface area (Å²) in [4.78, 5) is 33.0. The van der Waals surface area contributed by atoms with Crippen molar-refractivity contribution in [1.82, 2.24) is 10.2 Å². The van der Waals surface area contributed by atoms with E-state index in [-0.39, 0.29) is 17.4 Å². The Hall–Kier alpha value is -3.38. The molecule has 3 aromatic rings. The van der Waals surface area contributed by atoms with Crippen LogP contribution in [0.3, 0.4) is 0 Å². The third-order valence-corrected chi connectivity index (χ3v) is 8.90. The number of nitrogens with zero attached hydrogens (tertiary/aromatic N) is 3. The average molecular weight is 451 g/mol. The van der Waals surface area contributed by atoms with E-state index in [0.717, 1.165) is 88.5 Å². The zero-order valence-electron chi connectivity index (χ0n) is 19.3. The van der Waals surface area contributed by atoms with Crippen LogP contribution in [0.25, 0.3) is 10.8 Å². The number of hydrogen-bond acceptors (Lipinski definition) is 4. The van der Waals surface area contributed by atoms with E-state index < -0.39 is 0 Å². The second-order valence-electron chi connectivity index (χ2n) is 10.7. The van der Waals surface area contributed by atoms with Crippen LogP contribution in [0.2, 0.25) is 0 Å². The fourth-order valence-corrected chi connectivity index (χ4v) is 6.66. The Morgan fingerprint density at radius 2 is 1.82 bits per heavy atom. The fraction of sp³-hybridized carbons (Fsp3) is 0.357. The molecule has 0 aromatic heterocycles. The second-order valence-corrected chi connectivity index (χ2v) is 10.7. The molecule has 5 fully saturated rings. The quantitative estimate of drug-likeness (QED) is 0.619. The number of aryl methyl sites for hydroxylation is 1. The Bertz CT molecular complexity index is 1430. The first-order valence-electron chi connectivity index (χ1n) is 12.3. The third kappa shape index (κ3) is 2.34. The van der Waals surface area contributed by atoms with Gasteiger partial charge >= 0.3 is 0 Å². The van der Waals surface area contributed by atoms with Gasteiger partial charge in [-0.3, -0.25) is 14.5 Å². The van der Waals surface area contributed by atoms with Crippen molar-refractivity contribution in [1.29, 1.82) is 0 Å². The molecule has 5 aliphatic heterocycles. The highest BCUT2D eigenvalue weighted by atomic mass is 16.2. The van der Waals surface area contributed by atoms with Crippen LogP contribution in [-0.2, 0) is 5.54 Å². The van der Waals surface area contributed by atoms with Gasteiger partial charge in [0.25, 0.3) is 11.8 Å². The van der Waals surface area contributed by atoms with Crippen molar-refractivity contribution in [3.05, 3.63) is 70.8 Å². The van der Waals surface area contributed by atoms with Crippen LogP contribution in [0.1, 0.15) is 44.7 Å². The van der Waals surface area contributed by atoms with Gasteiger partial charge in [-0.25, -0.2) is 0 Å². The van der Waals surface area contributed by atoms with Crippen LogP contribution in [0.4, 0.5) is 11.4 Å². The van der Waals surface area contributed by atoms with Gasteiger partial charge in [0.2, 0.25) is 0 Å². The maximum Gasteiger partial charge on any atom is 0.258 e. The first-order valence-corrected chi connectivity index (χ1v) is 12.3. The molecule has 2 unspecified atom stereocenters. The SMILES string of the molecule is Cc1ccc(N2C[C@@H]3C4[C@H](C2)N43)cc1C(=O)NC1(c2ccc3c4c(cccc24)C(=O)N3C)CC1. The topological polar surface area (TPSA) is 55.7 Å². The number of benzene rings is 3. The molecule has 34 heavy (non-hydrogen) atoms. The lowest BCUT2D eigenvalue weighted by atomic mass is 9.94. The summed E-state index contributed by atoms with van der Waals surface area (Å²) < 4.78 is 0. The third-order valence-electron chi connectivity index (χ3n) is 8.90. The van der Waals surface area contributed by atoms with Gasteiger partial charge in [0.1, 0.15) is 0 Å². The minimum atomic E-state index is -0.371. The number of nitrogens with one attached hydrogen (secondary N) is 1. The van der Waals surface area contributed by atoms with Crippen molar-refractivity contribution in [2.75, 3.05) is 29.9 Å². The van der Waals surface area contributed by atoms with Crippen LogP contribution in [0.15, 0.2) is 48.5 Å². The van der Waals surface area contributed by atoms with Crippen LogP contribution < -0.4 is 15.1 Å². The van der Waals surface area contributed by atoms with Crippen molar-refractivity contribution in [3.8, 4) is 0 Å². The number of hydrogen-bond donors (Lipinski definition) is 1. The molecule has 0 spiro atoms. The van der Waals surface area contributed by atoms with Gasteiger partial charge in [0, 0.05) is 60.5 Å². The lowest BCUT2D eigenvalue weighted by Crippen LogP contribution is -2.46. The van der Waals surface area contributed by atoms with E-state index in [4.69, 9.17) is 0 Å². The van der Waals surface area contributed by atoms with E-state index in [9.17, 15) is 9.59 Å². The fourth-order valence-electron chi connectivity index (χ4n) is 6.66. The lowest BCUT2D eigenvalue weighted by Gasteiger charge is -2.33. The Morgan fingerprint density at radius 3 is 2.56 bits per heavy atom. The van der Waals surface area contributed by atoms with Gasteiger partial charge in [0.15, 0.2) is 0 Å². The number of anilines is 2. The van der Waals surface area contributed by atoms with E-state index in [0.29, 0.717) is 0 Å². The Labute approximate surface area is 198 Å². The molecule has 6 heteroatoms. The van der Waals surface area contributed by atoms with E-state index in [1.54, 1.807) is 4.90 Å². The molecule has 1 aliphatic carbocycles. The summed E-state index contributed by atoms with van der Waals surface area (Å²) in [6.07, 6.45) is 1.82. The summed E-state index contributed by atoms with van der Waals surface area (Å²) >= 11 is 0. The Morgan fingerprint density at radius 1 is 1.06 bits per heavy atom. The summed E-state index contributed by atoms with van der Waals surface area (Å²) in [7, 11) is 1.83. The number of piperidine rings is 1. The highest BCUT2D eigenvalue weighted by Gasteiger charge is 2.73. The van der Waals surface area contributed by atoms with Gasteiger partial charge in [-0.2, -0.15) is 0 Å². The van der Waals surface area contributed by atoms with Crippen LogP contribution in [-0.4, -0.2) is 55.0 Å². The molecule has 5 heterocycles. The van der Waals surface area contributed by atoms with E-state index in [2.05, 4.69) is 45.4 Å². The molecule has 6 aliphatic rings. The Balaban J connectivity index is 1.13. The highest BCUT2D eigenvalue weighted by Crippen LogP contribution is 2.55. The van der Waals surface area contributed by atoms with Crippen molar-refractivity contribution >= 4 is 34.0 Å². The molecular weight excluding hydrogens is 424 g/mol. The second kappa shape index (κ2) is 5.99. The molecule has 170 valence electrons. The zero-order chi connectivity index (χ0) is 22.9. The van der Waals surface area contributed by atoms with Gasteiger partial charge in [-0.05, 0) is 60.5 Å². The monoisotopic (exact) mass is 450 g/mol. The molecule has 1 saturated carbocycles. The first-order chi connectivity index (χ1) is 16.5. The molecule has 6 nitrogen and oxygen atoms in total. The highest BCUT2D eigenvalue weighted by molar-refractivity contribution is 6.25. The van der Waals surface area contributed by atoms with Crippen molar-refractivity contribution in [3.63, 3.8) is 0 Å². The predicted octanol–water partition coefficient (Wildman–Crippen LogP) is 3.41. The van der Waals surface area contributed by atoms with Crippen LogP contribution in [0, 0.1) is 6.92 Å². The van der Waals surface area contributed by atoms with Crippen molar-refractivity contribution < 1.29 is 9.59 Å². The zero-order valence-corrected chi connectivity index (χ0v) is 19.3. The summed E-state index contributed by atoms with van der Waals surface area (Å²) in [5.74, 6) is 0.0256. The maximum atomic E-state index is 13.6. The van der Waals surface area contributed by atoms with Gasteiger partial charge in [-0.15, -0.1) is 0 Å². The number of fused-ring (bicyclic) bond motifs is 2. The minimum absolute atomic E-state index is 0.00941. The first kappa shape index (κ1) is 19.0. The summed E-state index contributed by atoms with van der Waals surface area (Å²) in [5, 5.41) is 5.48. The smallest absolute Gasteiger partial charge is 0.258 e. The van der Waals surface area contributed by atoms with Crippen molar-refractivity contribution in [2.45, 2.75) is 43.4 Å². The summed E-state index contributed by atoms with van der Waals surface area (Å²) in [5.41, 5.74) is 5.36. The molecule has 2 bridgehead atoms. The number of piperazine rings is 1. The summed E-state index contributed by atoms with van der Waals surface area (Å²) in [6, 6.07) is 18.7. The van der Waals surface area contributed by atoms with E-state index >= 15 is 0 Å². The molecule has 4 saturated heterocycles. The molecular formula is C28H26N4O2. The van der Waals surface area contributed by atoms with Crippen LogP contribution in [0.5, 0.6) is 0 Å². The largest absolute Gasteiger partial charge is 0.368 e. The molecule has 9 rings (SSSR count). The normalized spacial score (nSPS) is 28.7. The van der Waals surface area contributed by atoms with Crippen LogP contribution >= 0.6 is 0 Å². The van der Waals surface area contributed by atoms with E-state index in [1.807, 2.05) is 32.2 Å². The van der Waals surface area contributed by atoms with Gasteiger partial charge in [0.05, 0.1) is 11.2 Å². The molecule has 3 aromatic carbocycles. The summed E-state index contributed by atoms with van der Waals surface area (Å²) in [6.45, 7) is 4.16. The van der Waals surface area contributed by atoms with Crippen molar-refractivity contribution in [2.24, 2.45) is 0 Å². The molecule has 0 radical (unpaired) electrons. The molecule has 1 N–H and O–H groups in total. The average Bonchev–Trinajstić information content (AvgIpc) is 3.78. The molecule has 4 atom stereocenters. The maximum absolute atomic E-state index is 13.6. The van der Waals surface area contributed by atoms with Gasteiger partial charge in [-0.1, -0.05) is 24.3 Å². The minimum Gasteiger partial charge on any atom is -0.368 e. The Kier molecular flexibility index (Phi) is 3.35.